The Kier molecular flexibility index (Phi) is 3.95. The van der Waals surface area contributed by atoms with Gasteiger partial charge in [-0.25, -0.2) is 0 Å². The van der Waals surface area contributed by atoms with E-state index in [9.17, 15) is 30.6 Å². The summed E-state index contributed by atoms with van der Waals surface area (Å²) in [4.78, 5) is 0. The predicted octanol–water partition coefficient (Wildman–Crippen LogP) is 2.71. The van der Waals surface area contributed by atoms with Crippen LogP contribution >= 0.6 is 0 Å². The van der Waals surface area contributed by atoms with Crippen molar-refractivity contribution in [1.29, 1.82) is 0 Å². The quantitative estimate of drug-likeness (QED) is 0.485. The molecule has 2 aromatic carbocycles. The van der Waals surface area contributed by atoms with Gasteiger partial charge in [0.1, 0.15) is 0 Å². The summed E-state index contributed by atoms with van der Waals surface area (Å²) in [6.45, 7) is 3.66. The second-order valence-corrected chi connectivity index (χ2v) is 5.46. The molecule has 0 bridgehead atoms. The van der Waals surface area contributed by atoms with Gasteiger partial charge in [-0.1, -0.05) is 26.0 Å². The summed E-state index contributed by atoms with van der Waals surface area (Å²) in [6.07, 6.45) is 0. The first-order valence-electron chi connectivity index (χ1n) is 6.73. The third-order valence-corrected chi connectivity index (χ3v) is 3.66. The van der Waals surface area contributed by atoms with Gasteiger partial charge in [0.2, 0.25) is 11.5 Å². The summed E-state index contributed by atoms with van der Waals surface area (Å²) in [7, 11) is 0. The van der Waals surface area contributed by atoms with E-state index in [0.29, 0.717) is 0 Å². The summed E-state index contributed by atoms with van der Waals surface area (Å²) in [5.41, 5.74) is 0.566. The Morgan fingerprint density at radius 3 is 1.27 bits per heavy atom. The molecule has 0 saturated heterocycles. The SMILES string of the molecule is CC(C)C(c1ccc(O)c(O)c1O)c1ccc(O)c(O)c1O. The van der Waals surface area contributed by atoms with Gasteiger partial charge >= 0.3 is 0 Å². The van der Waals surface area contributed by atoms with Crippen molar-refractivity contribution in [2.24, 2.45) is 5.92 Å². The van der Waals surface area contributed by atoms with E-state index in [1.807, 2.05) is 13.8 Å². The monoisotopic (exact) mass is 306 g/mol. The summed E-state index contributed by atoms with van der Waals surface area (Å²) in [5.74, 6) is -3.89. The van der Waals surface area contributed by atoms with Gasteiger partial charge in [0.25, 0.3) is 0 Å². The van der Waals surface area contributed by atoms with Crippen LogP contribution in [0.15, 0.2) is 24.3 Å². The first kappa shape index (κ1) is 15.6. The maximum atomic E-state index is 10.1. The standard InChI is InChI=1S/C16H18O6/c1-7(2)12(8-3-5-10(17)15(21)13(8)19)9-4-6-11(18)16(22)14(9)20/h3-7,12,17-22H,1-2H3. The molecule has 0 aromatic heterocycles. The number of hydrogen-bond acceptors (Lipinski definition) is 6. The summed E-state index contributed by atoms with van der Waals surface area (Å²) in [6, 6.07) is 5.32. The van der Waals surface area contributed by atoms with Gasteiger partial charge in [0, 0.05) is 17.0 Å². The third kappa shape index (κ3) is 2.43. The second-order valence-electron chi connectivity index (χ2n) is 5.46. The highest BCUT2D eigenvalue weighted by atomic mass is 16.3. The highest BCUT2D eigenvalue weighted by Crippen LogP contribution is 2.49. The molecule has 0 aliphatic heterocycles. The summed E-state index contributed by atoms with van der Waals surface area (Å²) >= 11 is 0. The average Bonchev–Trinajstić information content (AvgIpc) is 2.47. The van der Waals surface area contributed by atoms with Gasteiger partial charge in [0.15, 0.2) is 23.0 Å². The van der Waals surface area contributed by atoms with Crippen molar-refractivity contribution in [1.82, 2.24) is 0 Å². The highest BCUT2D eigenvalue weighted by molar-refractivity contribution is 5.60. The summed E-state index contributed by atoms with van der Waals surface area (Å²) in [5, 5.41) is 58.3. The maximum absolute atomic E-state index is 10.1. The molecule has 0 heterocycles. The highest BCUT2D eigenvalue weighted by Gasteiger charge is 2.28. The van der Waals surface area contributed by atoms with Gasteiger partial charge in [-0.3, -0.25) is 0 Å². The van der Waals surface area contributed by atoms with Crippen LogP contribution in [0.25, 0.3) is 0 Å². The number of hydrogen-bond donors (Lipinski definition) is 6. The first-order valence-corrected chi connectivity index (χ1v) is 6.73. The lowest BCUT2D eigenvalue weighted by molar-refractivity contribution is 0.354. The van der Waals surface area contributed by atoms with Crippen molar-refractivity contribution in [2.75, 3.05) is 0 Å². The van der Waals surface area contributed by atoms with Crippen molar-refractivity contribution in [3.05, 3.63) is 35.4 Å². The Hall–Kier alpha value is -2.76. The fourth-order valence-electron chi connectivity index (χ4n) is 2.56. The molecule has 0 aliphatic rings. The number of phenolic OH excluding ortho intramolecular Hbond substituents is 6. The fourth-order valence-corrected chi connectivity index (χ4v) is 2.56. The summed E-state index contributed by atoms with van der Waals surface area (Å²) < 4.78 is 0. The molecule has 0 spiro atoms. The van der Waals surface area contributed by atoms with Crippen LogP contribution in [0.4, 0.5) is 0 Å². The molecule has 2 aromatic rings. The molecule has 0 atom stereocenters. The molecule has 6 N–H and O–H groups in total. The molecule has 22 heavy (non-hydrogen) atoms. The first-order chi connectivity index (χ1) is 10.3. The third-order valence-electron chi connectivity index (χ3n) is 3.66. The van der Waals surface area contributed by atoms with E-state index in [-0.39, 0.29) is 17.0 Å². The molecule has 0 radical (unpaired) electrons. The zero-order chi connectivity index (χ0) is 16.6. The van der Waals surface area contributed by atoms with Crippen LogP contribution in [0, 0.1) is 5.92 Å². The lowest BCUT2D eigenvalue weighted by Gasteiger charge is -2.24. The minimum atomic E-state index is -0.648. The number of phenols is 6. The van der Waals surface area contributed by atoms with Gasteiger partial charge in [-0.05, 0) is 18.1 Å². The van der Waals surface area contributed by atoms with Crippen LogP contribution in [-0.4, -0.2) is 30.6 Å². The molecule has 6 nitrogen and oxygen atoms in total. The van der Waals surface area contributed by atoms with Crippen LogP contribution in [0.5, 0.6) is 34.5 Å². The Bertz CT molecular complexity index is 651. The molecule has 0 aliphatic carbocycles. The Labute approximate surface area is 127 Å². The van der Waals surface area contributed by atoms with Gasteiger partial charge < -0.3 is 30.6 Å². The van der Waals surface area contributed by atoms with Crippen LogP contribution in [0.1, 0.15) is 30.9 Å². The molecule has 118 valence electrons. The van der Waals surface area contributed by atoms with E-state index in [2.05, 4.69) is 0 Å². The van der Waals surface area contributed by atoms with Crippen molar-refractivity contribution in [2.45, 2.75) is 19.8 Å². The van der Waals surface area contributed by atoms with Gasteiger partial charge in [-0.2, -0.15) is 0 Å². The van der Waals surface area contributed by atoms with E-state index in [4.69, 9.17) is 0 Å². The molecular formula is C16H18O6. The number of rotatable bonds is 3. The van der Waals surface area contributed by atoms with Crippen molar-refractivity contribution >= 4 is 0 Å². The molecule has 0 saturated carbocycles. The Morgan fingerprint density at radius 1 is 0.591 bits per heavy atom. The Morgan fingerprint density at radius 2 is 0.955 bits per heavy atom. The average molecular weight is 306 g/mol. The molecule has 0 amide bonds. The lowest BCUT2D eigenvalue weighted by atomic mass is 9.81. The molecule has 0 fully saturated rings. The number of aromatic hydroxyl groups is 6. The smallest absolute Gasteiger partial charge is 0.200 e. The fraction of sp³-hybridized carbons (Fsp3) is 0.250. The molecule has 0 unspecified atom stereocenters. The van der Waals surface area contributed by atoms with Crippen molar-refractivity contribution in [3.8, 4) is 34.5 Å². The largest absolute Gasteiger partial charge is 0.504 e. The second kappa shape index (κ2) is 5.55. The maximum Gasteiger partial charge on any atom is 0.200 e. The molecule has 6 heteroatoms. The van der Waals surface area contributed by atoms with E-state index in [0.717, 1.165) is 0 Å². The van der Waals surface area contributed by atoms with E-state index < -0.39 is 40.4 Å². The van der Waals surface area contributed by atoms with Gasteiger partial charge in [-0.15, -0.1) is 0 Å². The van der Waals surface area contributed by atoms with Crippen LogP contribution < -0.4 is 0 Å². The van der Waals surface area contributed by atoms with Crippen molar-refractivity contribution < 1.29 is 30.6 Å². The topological polar surface area (TPSA) is 121 Å². The van der Waals surface area contributed by atoms with Crippen LogP contribution in [-0.2, 0) is 0 Å². The lowest BCUT2D eigenvalue weighted by Crippen LogP contribution is -2.09. The molecule has 2 rings (SSSR count). The predicted molar refractivity (Wildman–Crippen MR) is 79.6 cm³/mol. The molecular weight excluding hydrogens is 288 g/mol. The van der Waals surface area contributed by atoms with E-state index in [1.54, 1.807) is 0 Å². The Balaban J connectivity index is 2.68. The number of benzene rings is 2. The normalized spacial score (nSPS) is 11.3. The van der Waals surface area contributed by atoms with Crippen LogP contribution in [0.3, 0.4) is 0 Å². The van der Waals surface area contributed by atoms with Gasteiger partial charge in [0.05, 0.1) is 0 Å². The zero-order valence-electron chi connectivity index (χ0n) is 12.1. The minimum absolute atomic E-state index is 0.121. The van der Waals surface area contributed by atoms with E-state index >= 15 is 0 Å². The van der Waals surface area contributed by atoms with Crippen LogP contribution in [0.2, 0.25) is 0 Å². The van der Waals surface area contributed by atoms with E-state index in [1.165, 1.54) is 24.3 Å². The zero-order valence-corrected chi connectivity index (χ0v) is 12.1. The minimum Gasteiger partial charge on any atom is -0.504 e. The van der Waals surface area contributed by atoms with Crippen molar-refractivity contribution in [3.63, 3.8) is 0 Å².